The molecule has 2 aromatic carbocycles. The molecule has 0 radical (unpaired) electrons. The largest absolute Gasteiger partial charge is 0.494 e. The van der Waals surface area contributed by atoms with Gasteiger partial charge in [0.05, 0.1) is 6.61 Å². The van der Waals surface area contributed by atoms with Crippen LogP contribution in [0.15, 0.2) is 66.9 Å². The minimum Gasteiger partial charge on any atom is -0.494 e. The average Bonchev–Trinajstić information content (AvgIpc) is 2.84. The van der Waals surface area contributed by atoms with Crippen LogP contribution in [-0.4, -0.2) is 11.6 Å². The van der Waals surface area contributed by atoms with Crippen molar-refractivity contribution in [3.8, 4) is 16.9 Å². The highest BCUT2D eigenvalue weighted by atomic mass is 16.5. The van der Waals surface area contributed by atoms with Gasteiger partial charge in [-0.2, -0.15) is 0 Å². The zero-order chi connectivity index (χ0) is 22.4. The Morgan fingerprint density at radius 1 is 0.594 bits per heavy atom. The average molecular weight is 430 g/mol. The molecule has 0 aliphatic heterocycles. The maximum absolute atomic E-state index is 5.86. The van der Waals surface area contributed by atoms with Gasteiger partial charge in [0.1, 0.15) is 5.75 Å². The van der Waals surface area contributed by atoms with Gasteiger partial charge in [0.25, 0.3) is 0 Å². The standard InChI is InChI=1S/C30H39NO/c1-3-5-7-9-23-32-30-21-18-28(19-22-30)27-16-13-25(14-17-27)11-12-26-15-20-29(31-24-26)10-8-6-4-2/h13-22,24H,3-12,23H2,1-2H3. The van der Waals surface area contributed by atoms with Crippen LogP contribution in [0.2, 0.25) is 0 Å². The van der Waals surface area contributed by atoms with Crippen LogP contribution in [0, 0.1) is 0 Å². The lowest BCUT2D eigenvalue weighted by atomic mass is 10.0. The number of hydrogen-bond acceptors (Lipinski definition) is 2. The lowest BCUT2D eigenvalue weighted by Gasteiger charge is -2.08. The van der Waals surface area contributed by atoms with Crippen molar-refractivity contribution in [1.29, 1.82) is 0 Å². The van der Waals surface area contributed by atoms with Crippen molar-refractivity contribution in [3.63, 3.8) is 0 Å². The van der Waals surface area contributed by atoms with Crippen molar-refractivity contribution in [2.75, 3.05) is 6.61 Å². The van der Waals surface area contributed by atoms with Gasteiger partial charge in [-0.1, -0.05) is 88.4 Å². The molecule has 32 heavy (non-hydrogen) atoms. The van der Waals surface area contributed by atoms with E-state index in [2.05, 4.69) is 85.7 Å². The summed E-state index contributed by atoms with van der Waals surface area (Å²) in [5.41, 5.74) is 6.39. The van der Waals surface area contributed by atoms with Gasteiger partial charge >= 0.3 is 0 Å². The van der Waals surface area contributed by atoms with Gasteiger partial charge in [-0.05, 0) is 72.6 Å². The van der Waals surface area contributed by atoms with Crippen LogP contribution in [-0.2, 0) is 19.3 Å². The van der Waals surface area contributed by atoms with E-state index in [0.717, 1.165) is 38.0 Å². The first-order chi connectivity index (χ1) is 15.8. The van der Waals surface area contributed by atoms with Gasteiger partial charge in [-0.25, -0.2) is 0 Å². The molecule has 0 aliphatic rings. The van der Waals surface area contributed by atoms with E-state index >= 15 is 0 Å². The molecular formula is C30H39NO. The molecule has 0 unspecified atom stereocenters. The van der Waals surface area contributed by atoms with E-state index < -0.39 is 0 Å². The molecule has 0 fully saturated rings. The molecule has 0 bridgehead atoms. The molecule has 0 aliphatic carbocycles. The Morgan fingerprint density at radius 2 is 1.22 bits per heavy atom. The molecule has 3 aromatic rings. The zero-order valence-corrected chi connectivity index (χ0v) is 20.0. The summed E-state index contributed by atoms with van der Waals surface area (Å²) >= 11 is 0. The number of hydrogen-bond donors (Lipinski definition) is 0. The van der Waals surface area contributed by atoms with Crippen LogP contribution in [0.3, 0.4) is 0 Å². The van der Waals surface area contributed by atoms with E-state index in [-0.39, 0.29) is 0 Å². The minimum atomic E-state index is 0.811. The molecule has 0 saturated carbocycles. The first-order valence-corrected chi connectivity index (χ1v) is 12.5. The van der Waals surface area contributed by atoms with Crippen LogP contribution in [0.1, 0.15) is 75.6 Å². The number of rotatable bonds is 14. The van der Waals surface area contributed by atoms with E-state index in [4.69, 9.17) is 4.74 Å². The molecule has 1 heterocycles. The maximum Gasteiger partial charge on any atom is 0.119 e. The molecule has 1 aromatic heterocycles. The Morgan fingerprint density at radius 3 is 1.88 bits per heavy atom. The number of ether oxygens (including phenoxy) is 1. The third-order valence-electron chi connectivity index (χ3n) is 6.03. The number of aryl methyl sites for hydroxylation is 3. The van der Waals surface area contributed by atoms with Crippen molar-refractivity contribution in [2.45, 2.75) is 78.1 Å². The Hall–Kier alpha value is -2.61. The van der Waals surface area contributed by atoms with Gasteiger partial charge in [-0.3, -0.25) is 4.98 Å². The molecule has 0 amide bonds. The van der Waals surface area contributed by atoms with Crippen molar-refractivity contribution in [2.24, 2.45) is 0 Å². The highest BCUT2D eigenvalue weighted by Gasteiger charge is 2.02. The van der Waals surface area contributed by atoms with Gasteiger partial charge in [0.2, 0.25) is 0 Å². The van der Waals surface area contributed by atoms with Crippen LogP contribution < -0.4 is 4.74 Å². The van der Waals surface area contributed by atoms with Crippen molar-refractivity contribution < 1.29 is 4.74 Å². The molecule has 0 atom stereocenters. The fourth-order valence-corrected chi connectivity index (χ4v) is 3.92. The van der Waals surface area contributed by atoms with Crippen LogP contribution in [0.25, 0.3) is 11.1 Å². The number of unbranched alkanes of at least 4 members (excludes halogenated alkanes) is 5. The topological polar surface area (TPSA) is 22.1 Å². The zero-order valence-electron chi connectivity index (χ0n) is 20.0. The molecule has 0 spiro atoms. The second kappa shape index (κ2) is 13.7. The normalized spacial score (nSPS) is 10.9. The Kier molecular flexibility index (Phi) is 10.3. The van der Waals surface area contributed by atoms with Crippen LogP contribution >= 0.6 is 0 Å². The molecule has 170 valence electrons. The second-order valence-corrected chi connectivity index (χ2v) is 8.75. The minimum absolute atomic E-state index is 0.811. The maximum atomic E-state index is 5.86. The molecule has 2 heteroatoms. The third kappa shape index (κ3) is 8.15. The van der Waals surface area contributed by atoms with Gasteiger partial charge < -0.3 is 4.74 Å². The molecule has 0 N–H and O–H groups in total. The van der Waals surface area contributed by atoms with Crippen LogP contribution in [0.5, 0.6) is 5.75 Å². The third-order valence-corrected chi connectivity index (χ3v) is 6.03. The lowest BCUT2D eigenvalue weighted by molar-refractivity contribution is 0.305. The molecule has 3 rings (SSSR count). The smallest absolute Gasteiger partial charge is 0.119 e. The molecule has 2 nitrogen and oxygen atoms in total. The highest BCUT2D eigenvalue weighted by Crippen LogP contribution is 2.23. The van der Waals surface area contributed by atoms with Gasteiger partial charge in [0.15, 0.2) is 0 Å². The van der Waals surface area contributed by atoms with E-state index in [1.54, 1.807) is 0 Å². The fraction of sp³-hybridized carbons (Fsp3) is 0.433. The number of nitrogens with zero attached hydrogens (tertiary/aromatic N) is 1. The van der Waals surface area contributed by atoms with E-state index in [0.29, 0.717) is 0 Å². The highest BCUT2D eigenvalue weighted by molar-refractivity contribution is 5.64. The summed E-state index contributed by atoms with van der Waals surface area (Å²) in [4.78, 5) is 4.64. The number of aromatic nitrogens is 1. The first-order valence-electron chi connectivity index (χ1n) is 12.5. The summed E-state index contributed by atoms with van der Waals surface area (Å²) in [5, 5.41) is 0. The molecular weight excluding hydrogens is 390 g/mol. The number of benzene rings is 2. The number of pyridine rings is 1. The predicted octanol–water partition coefficient (Wildman–Crippen LogP) is 8.23. The van der Waals surface area contributed by atoms with E-state index in [1.807, 2.05) is 0 Å². The predicted molar refractivity (Wildman–Crippen MR) is 136 cm³/mol. The van der Waals surface area contributed by atoms with Crippen molar-refractivity contribution in [3.05, 3.63) is 83.7 Å². The summed E-state index contributed by atoms with van der Waals surface area (Å²) in [6.45, 7) is 5.29. The quantitative estimate of drug-likeness (QED) is 0.241. The fourth-order valence-electron chi connectivity index (χ4n) is 3.92. The van der Waals surface area contributed by atoms with E-state index in [9.17, 15) is 0 Å². The van der Waals surface area contributed by atoms with Crippen LogP contribution in [0.4, 0.5) is 0 Å². The first kappa shape index (κ1) is 24.0. The van der Waals surface area contributed by atoms with Gasteiger partial charge in [-0.15, -0.1) is 0 Å². The summed E-state index contributed by atoms with van der Waals surface area (Å²) < 4.78 is 5.86. The Bertz CT molecular complexity index is 882. The van der Waals surface area contributed by atoms with E-state index in [1.165, 1.54) is 66.5 Å². The summed E-state index contributed by atoms with van der Waals surface area (Å²) in [6.07, 6.45) is 14.0. The summed E-state index contributed by atoms with van der Waals surface area (Å²) in [7, 11) is 0. The Labute approximate surface area is 195 Å². The summed E-state index contributed by atoms with van der Waals surface area (Å²) in [5.74, 6) is 0.965. The molecule has 0 saturated heterocycles. The lowest BCUT2D eigenvalue weighted by Crippen LogP contribution is -1.97. The summed E-state index contributed by atoms with van der Waals surface area (Å²) in [6, 6.07) is 21.9. The van der Waals surface area contributed by atoms with Crippen molar-refractivity contribution in [1.82, 2.24) is 4.98 Å². The second-order valence-electron chi connectivity index (χ2n) is 8.75. The van der Waals surface area contributed by atoms with Crippen molar-refractivity contribution >= 4 is 0 Å². The monoisotopic (exact) mass is 429 g/mol. The van der Waals surface area contributed by atoms with Gasteiger partial charge in [0, 0.05) is 11.9 Å². The Balaban J connectivity index is 1.45. The SMILES string of the molecule is CCCCCCOc1ccc(-c2ccc(CCc3ccc(CCCCC)nc3)cc2)cc1.